The molecule has 9 N–H and O–H groups in total. The summed E-state index contributed by atoms with van der Waals surface area (Å²) in [6.45, 7) is 10.1. The number of hydrogen-bond donors (Lipinski definition) is 9. The van der Waals surface area contributed by atoms with Gasteiger partial charge in [-0.05, 0) is 156 Å². The Morgan fingerprint density at radius 1 is 0.409 bits per heavy atom. The van der Waals surface area contributed by atoms with Crippen molar-refractivity contribution in [2.75, 3.05) is 64.6 Å². The third kappa shape index (κ3) is 19.2. The molecule has 4 aliphatic heterocycles. The largest absolute Gasteiger partial charge is 0.491 e. The fraction of sp³-hybridized carbons (Fsp3) is 0.235. The van der Waals surface area contributed by atoms with E-state index in [2.05, 4.69) is 183 Å². The van der Waals surface area contributed by atoms with Gasteiger partial charge < -0.3 is 57.2 Å². The molecule has 0 aliphatic carbocycles. The molecule has 0 amide bonds. The second-order valence-electron chi connectivity index (χ2n) is 34.2. The molecule has 2 atom stereocenters. The van der Waals surface area contributed by atoms with Gasteiger partial charge in [0, 0.05) is 233 Å². The first-order chi connectivity index (χ1) is 67.2. The van der Waals surface area contributed by atoms with Gasteiger partial charge in [0.25, 0.3) is 0 Å². The predicted molar refractivity (Wildman–Crippen MR) is 530 cm³/mol. The van der Waals surface area contributed by atoms with Gasteiger partial charge in [-0.25, -0.2) is 59.8 Å². The van der Waals surface area contributed by atoms with Crippen molar-refractivity contribution in [2.45, 2.75) is 83.4 Å². The second kappa shape index (κ2) is 38.9. The van der Waals surface area contributed by atoms with E-state index in [1.54, 1.807) is 67.4 Å². The van der Waals surface area contributed by atoms with Crippen molar-refractivity contribution in [1.82, 2.24) is 151 Å². The minimum Gasteiger partial charge on any atom is -0.491 e. The van der Waals surface area contributed by atoms with Crippen molar-refractivity contribution in [3.8, 4) is 67.7 Å². The highest BCUT2D eigenvalue weighted by Crippen LogP contribution is 2.37. The van der Waals surface area contributed by atoms with Crippen molar-refractivity contribution >= 4 is 102 Å². The van der Waals surface area contributed by atoms with E-state index in [1.807, 2.05) is 236 Å². The number of nitrogens with one attached hydrogen (secondary N) is 9. The number of aryl methyl sites for hydroxylation is 6. The maximum absolute atomic E-state index is 5.75. The molecule has 2 saturated heterocycles. The molecule has 17 aromatic heterocycles. The maximum Gasteiger partial charge on any atom is 0.188 e. The average molecular weight is 1850 g/mol. The zero-order chi connectivity index (χ0) is 92.8. The minimum atomic E-state index is 0.126. The van der Waals surface area contributed by atoms with Crippen LogP contribution in [0.5, 0.6) is 5.75 Å². The molecular formula is C98H101N37OS. The molecule has 0 radical (unpaired) electrons. The third-order valence-electron chi connectivity index (χ3n) is 24.2. The van der Waals surface area contributed by atoms with Crippen LogP contribution < -0.4 is 52.6 Å². The molecule has 2 fully saturated rings. The van der Waals surface area contributed by atoms with Crippen LogP contribution in [0.1, 0.15) is 86.0 Å². The molecule has 690 valence electrons. The highest BCUT2D eigenvalue weighted by atomic mass is 32.1. The van der Waals surface area contributed by atoms with E-state index in [9.17, 15) is 0 Å². The maximum atomic E-state index is 5.75. The molecule has 0 spiro atoms. The van der Waals surface area contributed by atoms with Crippen molar-refractivity contribution < 1.29 is 4.74 Å². The smallest absolute Gasteiger partial charge is 0.188 e. The first kappa shape index (κ1) is 87.0. The lowest BCUT2D eigenvalue weighted by atomic mass is 9.96. The number of aromatic nitrogens is 28. The first-order valence-corrected chi connectivity index (χ1v) is 46.5. The fourth-order valence-electron chi connectivity index (χ4n) is 17.5. The molecule has 21 heterocycles. The summed E-state index contributed by atoms with van der Waals surface area (Å²) >= 11 is 1.59. The zero-order valence-electron chi connectivity index (χ0n) is 76.5. The number of hydrogen-bond acceptors (Lipinski definition) is 28. The standard InChI is InChI=1S/C24H25N9.2C19H19N7.C19H20N6O.C17H18N8S/c1-31-14-18(12-28-31)22-13-27-24-23(30-21(15-33(22)24)17-3-2-8-25-11-17)29-19-4-6-20(7-5-19)32-10-9-26-16-32;1-25-12-15(10-23-25)17-11-22-19-18(21-6-7-26(17)19)24-16-3-2-13-4-5-20-9-14(13)8-16;1-25-12-14(10-23-25)17-11-22-19-18(21-7-8-26(17)19)24-15-5-4-13-3-2-6-20-16(13)9-15;1-13(2)26-16-6-4-5-15(9-16)23-18-19-21-11-17(25(19)8-7-20-18)14-10-22-24(3)12-14;1-24-9-11(7-21-24)14-8-20-16-15(19-5-6-25(14)16)23-17-22-13(10-26-17)12-3-2-4-18-12/h4-7,9-10,12-17,25H,2-3,8,11H2,1H3,(H,29,30);2-3,6-8,10-12,20H,4-5,9H2,1H3,(H,21,24);4-5,7-12,20H,2-3,6H2,1H3,(H,21,24);4-13H,1-3H3,(H,20,23);5-10,12,18H,2-4H2,1H3,(H,19,22,23). The number of anilines is 11. The number of ether oxygens (including phenoxy) is 1. The van der Waals surface area contributed by atoms with E-state index in [-0.39, 0.29) is 6.10 Å². The summed E-state index contributed by atoms with van der Waals surface area (Å²) in [5, 5.41) is 55.1. The van der Waals surface area contributed by atoms with Gasteiger partial charge in [-0.1, -0.05) is 18.2 Å². The van der Waals surface area contributed by atoms with E-state index in [0.29, 0.717) is 23.6 Å². The van der Waals surface area contributed by atoms with Crippen LogP contribution in [0.15, 0.2) is 258 Å². The summed E-state index contributed by atoms with van der Waals surface area (Å²) in [7, 11) is 9.54. The zero-order valence-corrected chi connectivity index (χ0v) is 77.3. The summed E-state index contributed by atoms with van der Waals surface area (Å²) in [6, 6.07) is 29.3. The van der Waals surface area contributed by atoms with Gasteiger partial charge in [-0.3, -0.25) is 45.4 Å². The highest BCUT2D eigenvalue weighted by molar-refractivity contribution is 7.13. The molecule has 4 aliphatic rings. The fourth-order valence-corrected chi connectivity index (χ4v) is 18.3. The molecule has 4 aromatic carbocycles. The highest BCUT2D eigenvalue weighted by Gasteiger charge is 2.26. The topological polar surface area (TPSA) is 388 Å². The second-order valence-corrected chi connectivity index (χ2v) is 35.1. The lowest BCUT2D eigenvalue weighted by Crippen LogP contribution is -2.29. The first-order valence-electron chi connectivity index (χ1n) is 45.6. The number of fused-ring (bicyclic) bond motifs is 7. The number of imidazole rings is 6. The number of benzene rings is 4. The van der Waals surface area contributed by atoms with Crippen LogP contribution in [-0.4, -0.2) is 174 Å². The molecule has 137 heavy (non-hydrogen) atoms. The van der Waals surface area contributed by atoms with Gasteiger partial charge in [-0.15, -0.1) is 11.3 Å². The van der Waals surface area contributed by atoms with E-state index >= 15 is 0 Å². The molecule has 21 aromatic rings. The molecule has 2 unspecified atom stereocenters. The molecule has 39 heteroatoms. The van der Waals surface area contributed by atoms with Crippen LogP contribution in [0, 0.1) is 0 Å². The van der Waals surface area contributed by atoms with Gasteiger partial charge in [-0.2, -0.15) is 25.5 Å². The van der Waals surface area contributed by atoms with Gasteiger partial charge in [0.2, 0.25) is 0 Å². The van der Waals surface area contributed by atoms with Crippen LogP contribution >= 0.6 is 11.3 Å². The number of piperidine rings is 1. The van der Waals surface area contributed by atoms with Crippen molar-refractivity contribution in [1.29, 1.82) is 0 Å². The Morgan fingerprint density at radius 3 is 1.40 bits per heavy atom. The number of thiazole rings is 1. The monoisotopic (exact) mass is 1840 g/mol. The summed E-state index contributed by atoms with van der Waals surface area (Å²) in [5.74, 6) is 4.80. The van der Waals surface area contributed by atoms with Crippen LogP contribution in [0.2, 0.25) is 0 Å². The lowest BCUT2D eigenvalue weighted by Gasteiger charge is -2.23. The Morgan fingerprint density at radius 2 is 0.905 bits per heavy atom. The molecular weight excluding hydrogens is 1740 g/mol. The van der Waals surface area contributed by atoms with Crippen molar-refractivity contribution in [3.05, 3.63) is 286 Å². The van der Waals surface area contributed by atoms with Crippen LogP contribution in [-0.2, 0) is 54.6 Å². The molecule has 0 saturated carbocycles. The molecule has 0 bridgehead atoms. The predicted octanol–water partition coefficient (Wildman–Crippen LogP) is 15.7. The van der Waals surface area contributed by atoms with Gasteiger partial charge >= 0.3 is 0 Å². The van der Waals surface area contributed by atoms with E-state index < -0.39 is 0 Å². The van der Waals surface area contributed by atoms with Crippen LogP contribution in [0.3, 0.4) is 0 Å². The number of rotatable bonds is 20. The molecule has 25 rings (SSSR count). The van der Waals surface area contributed by atoms with E-state index in [0.717, 1.165) is 224 Å². The van der Waals surface area contributed by atoms with Crippen LogP contribution in [0.4, 0.5) is 62.7 Å². The van der Waals surface area contributed by atoms with Crippen LogP contribution in [0.25, 0.3) is 90.2 Å². The Kier molecular flexibility index (Phi) is 24.7. The summed E-state index contributed by atoms with van der Waals surface area (Å²) < 4.78 is 26.9. The summed E-state index contributed by atoms with van der Waals surface area (Å²) in [5.41, 5.74) is 26.4. The summed E-state index contributed by atoms with van der Waals surface area (Å²) in [4.78, 5) is 54.7. The Labute approximate surface area is 790 Å². The number of nitrogens with zero attached hydrogens (tertiary/aromatic N) is 28. The lowest BCUT2D eigenvalue weighted by molar-refractivity contribution is 0.242. The summed E-state index contributed by atoms with van der Waals surface area (Å²) in [6.07, 6.45) is 58.9. The van der Waals surface area contributed by atoms with E-state index in [1.165, 1.54) is 35.2 Å². The Balaban J connectivity index is 0.000000103. The van der Waals surface area contributed by atoms with Crippen molar-refractivity contribution in [3.63, 3.8) is 0 Å². The van der Waals surface area contributed by atoms with Gasteiger partial charge in [0.1, 0.15) is 5.75 Å². The minimum absolute atomic E-state index is 0.126. The Hall–Kier alpha value is -16.7. The third-order valence-corrected chi connectivity index (χ3v) is 24.9. The normalized spacial score (nSPS) is 14.5. The molecule has 38 nitrogen and oxygen atoms in total. The van der Waals surface area contributed by atoms with E-state index in [4.69, 9.17) is 19.7 Å². The van der Waals surface area contributed by atoms with Gasteiger partial charge in [0.05, 0.1) is 120 Å². The quantitative estimate of drug-likeness (QED) is 0.0342. The van der Waals surface area contributed by atoms with Crippen molar-refractivity contribution in [2.24, 2.45) is 35.2 Å². The SMILES string of the molecule is CC(C)Oc1cccc(Nc2nccn3c(-c4cnn(C)c4)cnc23)c1.Cn1cc(-c2cnc3c(Nc4ccc(-n5ccnc5)cc4)nc(C4CCCNC4)cn23)cn1.Cn1cc(-c2cnc3c(Nc4ccc5c(c4)CNCC5)nccn23)cn1.Cn1cc(-c2cnc3c(Nc4ccc5c(c4)NCCC5)nccn23)cn1.Cn1cc(-c2cnc3c(Nc4nc(C5CCCN5)cs4)nccn23)cn1. The van der Waals surface area contributed by atoms with Gasteiger partial charge in [0.15, 0.2) is 62.5 Å². The Bertz CT molecular complexity index is 7590. The average Bonchev–Trinajstić information content (AvgIpc) is 1.64.